The summed E-state index contributed by atoms with van der Waals surface area (Å²) < 4.78 is 0. The van der Waals surface area contributed by atoms with Crippen LogP contribution >= 0.6 is 0 Å². The number of phenols is 1. The second-order valence-electron chi connectivity index (χ2n) is 6.54. The van der Waals surface area contributed by atoms with E-state index in [0.29, 0.717) is 5.56 Å². The van der Waals surface area contributed by atoms with Crippen LogP contribution in [-0.4, -0.2) is 68.4 Å². The second kappa shape index (κ2) is 11.0. The first-order chi connectivity index (χ1) is 13.5. The van der Waals surface area contributed by atoms with E-state index >= 15 is 0 Å². The van der Waals surface area contributed by atoms with Crippen molar-refractivity contribution in [1.29, 1.82) is 0 Å². The number of hydrogen-bond acceptors (Lipinski definition) is 7. The molecule has 29 heavy (non-hydrogen) atoms. The van der Waals surface area contributed by atoms with Gasteiger partial charge in [0.2, 0.25) is 11.8 Å². The van der Waals surface area contributed by atoms with E-state index in [0.717, 1.165) is 6.92 Å². The minimum absolute atomic E-state index is 0.0447. The highest BCUT2D eigenvalue weighted by Gasteiger charge is 2.30. The largest absolute Gasteiger partial charge is 0.508 e. The van der Waals surface area contributed by atoms with Crippen molar-refractivity contribution in [3.05, 3.63) is 29.8 Å². The Kier molecular flexibility index (Phi) is 9.03. The van der Waals surface area contributed by atoms with Gasteiger partial charge in [-0.05, 0) is 37.5 Å². The fourth-order valence-corrected chi connectivity index (χ4v) is 2.44. The summed E-state index contributed by atoms with van der Waals surface area (Å²) in [5, 5.41) is 41.0. The molecule has 4 unspecified atom stereocenters. The SMILES string of the molecule is CC(O)C(NC(=O)C(CCC(=O)O)NC(=O)C(N)Cc1ccc(O)cc1)C(=O)O. The van der Waals surface area contributed by atoms with Crippen LogP contribution in [-0.2, 0) is 25.6 Å². The Bertz CT molecular complexity index is 735. The van der Waals surface area contributed by atoms with Gasteiger partial charge in [-0.25, -0.2) is 4.79 Å². The fourth-order valence-electron chi connectivity index (χ4n) is 2.44. The van der Waals surface area contributed by atoms with Crippen LogP contribution in [0.15, 0.2) is 24.3 Å². The molecule has 0 spiro atoms. The van der Waals surface area contributed by atoms with Crippen LogP contribution in [0.2, 0.25) is 0 Å². The van der Waals surface area contributed by atoms with Crippen LogP contribution in [0.5, 0.6) is 5.75 Å². The number of amides is 2. The first-order valence-corrected chi connectivity index (χ1v) is 8.78. The highest BCUT2D eigenvalue weighted by molar-refractivity contribution is 5.92. The minimum atomic E-state index is -1.63. The van der Waals surface area contributed by atoms with Crippen molar-refractivity contribution in [3.63, 3.8) is 0 Å². The third kappa shape index (κ3) is 8.15. The molecule has 4 atom stereocenters. The predicted molar refractivity (Wildman–Crippen MR) is 99.8 cm³/mol. The zero-order valence-corrected chi connectivity index (χ0v) is 15.7. The number of hydrogen-bond donors (Lipinski definition) is 7. The zero-order valence-electron chi connectivity index (χ0n) is 15.7. The maximum Gasteiger partial charge on any atom is 0.328 e. The summed E-state index contributed by atoms with van der Waals surface area (Å²) >= 11 is 0. The summed E-state index contributed by atoms with van der Waals surface area (Å²) in [6.45, 7) is 1.16. The quantitative estimate of drug-likeness (QED) is 0.228. The Morgan fingerprint density at radius 1 is 1.03 bits per heavy atom. The van der Waals surface area contributed by atoms with Gasteiger partial charge < -0.3 is 36.8 Å². The van der Waals surface area contributed by atoms with Crippen molar-refractivity contribution in [3.8, 4) is 5.75 Å². The zero-order chi connectivity index (χ0) is 22.1. The Morgan fingerprint density at radius 2 is 1.62 bits per heavy atom. The predicted octanol–water partition coefficient (Wildman–Crippen LogP) is -1.44. The number of nitrogens with one attached hydrogen (secondary N) is 2. The number of rotatable bonds is 11. The summed E-state index contributed by atoms with van der Waals surface area (Å²) in [6, 6.07) is 1.92. The molecular weight excluding hydrogens is 386 g/mol. The number of benzene rings is 1. The lowest BCUT2D eigenvalue weighted by Gasteiger charge is -2.23. The summed E-state index contributed by atoms with van der Waals surface area (Å²) in [5.41, 5.74) is 6.48. The van der Waals surface area contributed by atoms with Crippen molar-refractivity contribution in [2.24, 2.45) is 5.73 Å². The van der Waals surface area contributed by atoms with Gasteiger partial charge in [-0.15, -0.1) is 0 Å². The van der Waals surface area contributed by atoms with Gasteiger partial charge in [-0.3, -0.25) is 14.4 Å². The number of carboxylic acid groups (broad SMARTS) is 2. The van der Waals surface area contributed by atoms with Gasteiger partial charge in [-0.1, -0.05) is 12.1 Å². The van der Waals surface area contributed by atoms with Crippen molar-refractivity contribution in [2.45, 2.75) is 50.4 Å². The molecule has 0 aromatic heterocycles. The molecule has 0 aliphatic rings. The Balaban J connectivity index is 2.83. The van der Waals surface area contributed by atoms with Crippen LogP contribution in [0.3, 0.4) is 0 Å². The van der Waals surface area contributed by atoms with E-state index in [1.807, 2.05) is 0 Å². The van der Waals surface area contributed by atoms with Crippen LogP contribution in [0.25, 0.3) is 0 Å². The van der Waals surface area contributed by atoms with Gasteiger partial charge in [0.15, 0.2) is 6.04 Å². The topological polar surface area (TPSA) is 199 Å². The van der Waals surface area contributed by atoms with Gasteiger partial charge in [0.1, 0.15) is 11.8 Å². The van der Waals surface area contributed by atoms with Crippen molar-refractivity contribution in [1.82, 2.24) is 10.6 Å². The van der Waals surface area contributed by atoms with Crippen LogP contribution in [0, 0.1) is 0 Å². The lowest BCUT2D eigenvalue weighted by Crippen LogP contribution is -2.56. The number of phenolic OH excluding ortho intramolecular Hbond substituents is 1. The number of aliphatic hydroxyl groups is 1. The average Bonchev–Trinajstić information content (AvgIpc) is 2.63. The molecule has 0 saturated carbocycles. The molecule has 11 heteroatoms. The first-order valence-electron chi connectivity index (χ1n) is 8.78. The van der Waals surface area contributed by atoms with E-state index in [9.17, 15) is 29.4 Å². The number of carboxylic acids is 2. The first kappa shape index (κ1) is 23.9. The molecule has 1 aromatic rings. The summed E-state index contributed by atoms with van der Waals surface area (Å²) in [4.78, 5) is 46.7. The highest BCUT2D eigenvalue weighted by atomic mass is 16.4. The van der Waals surface area contributed by atoms with Crippen LogP contribution in [0.1, 0.15) is 25.3 Å². The Morgan fingerprint density at radius 3 is 2.10 bits per heavy atom. The number of nitrogens with two attached hydrogens (primary N) is 1. The molecule has 11 nitrogen and oxygen atoms in total. The van der Waals surface area contributed by atoms with E-state index in [-0.39, 0.29) is 18.6 Å². The molecule has 0 aliphatic heterocycles. The van der Waals surface area contributed by atoms with Crippen LogP contribution < -0.4 is 16.4 Å². The smallest absolute Gasteiger partial charge is 0.328 e. The highest BCUT2D eigenvalue weighted by Crippen LogP contribution is 2.11. The molecular formula is C18H25N3O8. The Hall–Kier alpha value is -3.18. The van der Waals surface area contributed by atoms with E-state index in [4.69, 9.17) is 15.9 Å². The maximum absolute atomic E-state index is 12.4. The molecule has 0 fully saturated rings. The van der Waals surface area contributed by atoms with E-state index in [2.05, 4.69) is 10.6 Å². The number of aliphatic carboxylic acids is 2. The monoisotopic (exact) mass is 411 g/mol. The molecule has 0 heterocycles. The molecule has 0 saturated heterocycles. The number of aromatic hydroxyl groups is 1. The van der Waals surface area contributed by atoms with E-state index in [1.165, 1.54) is 12.1 Å². The summed E-state index contributed by atoms with van der Waals surface area (Å²) in [6.07, 6.45) is -2.09. The standard InChI is InChI=1S/C18H25N3O8/c1-9(22)15(18(28)29)21-17(27)13(6-7-14(24)25)20-16(26)12(19)8-10-2-4-11(23)5-3-10/h2-5,9,12-13,15,22-23H,6-8,19H2,1H3,(H,20,26)(H,21,27)(H,24,25)(H,28,29). The van der Waals surface area contributed by atoms with Crippen molar-refractivity contribution >= 4 is 23.8 Å². The fraction of sp³-hybridized carbons (Fsp3) is 0.444. The summed E-state index contributed by atoms with van der Waals surface area (Å²) in [5.74, 6) is -4.35. The maximum atomic E-state index is 12.4. The van der Waals surface area contributed by atoms with E-state index < -0.39 is 54.4 Å². The van der Waals surface area contributed by atoms with Gasteiger partial charge in [0.25, 0.3) is 0 Å². The third-order valence-corrected chi connectivity index (χ3v) is 4.05. The minimum Gasteiger partial charge on any atom is -0.508 e. The molecule has 1 aromatic carbocycles. The molecule has 0 aliphatic carbocycles. The van der Waals surface area contributed by atoms with Crippen LogP contribution in [0.4, 0.5) is 0 Å². The average molecular weight is 411 g/mol. The normalized spacial score (nSPS) is 14.9. The molecule has 160 valence electrons. The van der Waals surface area contributed by atoms with Gasteiger partial charge in [-0.2, -0.15) is 0 Å². The molecule has 0 bridgehead atoms. The molecule has 8 N–H and O–H groups in total. The van der Waals surface area contributed by atoms with Crippen molar-refractivity contribution < 1.29 is 39.6 Å². The second-order valence-corrected chi connectivity index (χ2v) is 6.54. The van der Waals surface area contributed by atoms with Gasteiger partial charge >= 0.3 is 11.9 Å². The van der Waals surface area contributed by atoms with Gasteiger partial charge in [0.05, 0.1) is 12.1 Å². The van der Waals surface area contributed by atoms with E-state index in [1.54, 1.807) is 12.1 Å². The van der Waals surface area contributed by atoms with Crippen molar-refractivity contribution in [2.75, 3.05) is 0 Å². The third-order valence-electron chi connectivity index (χ3n) is 4.05. The van der Waals surface area contributed by atoms with Gasteiger partial charge in [0, 0.05) is 6.42 Å². The molecule has 0 radical (unpaired) electrons. The molecule has 1 rings (SSSR count). The number of carbonyl (C=O) groups excluding carboxylic acids is 2. The molecule has 2 amide bonds. The lowest BCUT2D eigenvalue weighted by molar-refractivity contribution is -0.145. The summed E-state index contributed by atoms with van der Waals surface area (Å²) in [7, 11) is 0. The Labute approximate surface area is 166 Å². The number of aliphatic hydroxyl groups excluding tert-OH is 1. The number of carbonyl (C=O) groups is 4. The lowest BCUT2D eigenvalue weighted by atomic mass is 10.0.